The van der Waals surface area contributed by atoms with Crippen LogP contribution in [0.25, 0.3) is 0 Å². The molecule has 0 saturated carbocycles. The molecule has 0 saturated heterocycles. The van der Waals surface area contributed by atoms with Gasteiger partial charge in [0.15, 0.2) is 0 Å². The van der Waals surface area contributed by atoms with Crippen LogP contribution in [0.15, 0.2) is 109 Å². The minimum atomic E-state index is -4.81. The van der Waals surface area contributed by atoms with Crippen molar-refractivity contribution >= 4 is 46.9 Å². The molecule has 15 heteroatoms. The Bertz CT molecular complexity index is 2250. The number of fused-ring (bicyclic) bond motifs is 2. The lowest BCUT2D eigenvalue weighted by Gasteiger charge is -2.24. The van der Waals surface area contributed by atoms with Gasteiger partial charge in [0.25, 0.3) is 29.9 Å². The van der Waals surface area contributed by atoms with Gasteiger partial charge in [-0.05, 0) is 91.0 Å². The molecule has 0 spiro atoms. The Labute approximate surface area is 295 Å². The number of carbonyl (C=O) groups is 6. The van der Waals surface area contributed by atoms with Crippen LogP contribution >= 0.6 is 0 Å². The number of halogens is 3. The van der Waals surface area contributed by atoms with Crippen LogP contribution in [0.5, 0.6) is 11.5 Å². The molecule has 2 heterocycles. The highest BCUT2D eigenvalue weighted by molar-refractivity contribution is 6.35. The second-order valence-corrected chi connectivity index (χ2v) is 11.7. The summed E-state index contributed by atoms with van der Waals surface area (Å²) >= 11 is 0. The number of anilines is 2. The first-order valence-corrected chi connectivity index (χ1v) is 15.4. The molecule has 53 heavy (non-hydrogen) atoms. The quantitative estimate of drug-likeness (QED) is 0.121. The monoisotopic (exact) mass is 722 g/mol. The third-order valence-corrected chi connectivity index (χ3v) is 8.46. The minimum absolute atomic E-state index is 0.00103. The largest absolute Gasteiger partial charge is 0.478 e. The average molecular weight is 723 g/mol. The van der Waals surface area contributed by atoms with Crippen LogP contribution in [-0.2, 0) is 6.18 Å². The van der Waals surface area contributed by atoms with Crippen LogP contribution in [0.3, 0.4) is 0 Å². The molecule has 0 bridgehead atoms. The summed E-state index contributed by atoms with van der Waals surface area (Å²) in [7, 11) is 0. The maximum Gasteiger partial charge on any atom is 0.416 e. The van der Waals surface area contributed by atoms with Gasteiger partial charge in [0.1, 0.15) is 11.5 Å². The van der Waals surface area contributed by atoms with Gasteiger partial charge in [0.05, 0.1) is 50.3 Å². The predicted molar refractivity (Wildman–Crippen MR) is 177 cm³/mol. The number of rotatable bonds is 9. The van der Waals surface area contributed by atoms with Gasteiger partial charge in [-0.2, -0.15) is 13.2 Å². The lowest BCUT2D eigenvalue weighted by Crippen LogP contribution is -2.29. The lowest BCUT2D eigenvalue weighted by atomic mass is 10.1. The number of hydrogen-bond donors (Lipinski definition) is 2. The Morgan fingerprint density at radius 1 is 0.547 bits per heavy atom. The number of benzene rings is 5. The summed E-state index contributed by atoms with van der Waals surface area (Å²) in [6.07, 6.45) is -6.54. The minimum Gasteiger partial charge on any atom is -0.478 e. The van der Waals surface area contributed by atoms with Crippen molar-refractivity contribution in [3.8, 4) is 11.5 Å². The number of carbonyl (C=O) groups excluding carboxylic acids is 4. The molecule has 7 rings (SSSR count). The second kappa shape index (κ2) is 12.8. The van der Waals surface area contributed by atoms with Gasteiger partial charge in [-0.1, -0.05) is 18.2 Å². The number of imide groups is 2. The van der Waals surface area contributed by atoms with Gasteiger partial charge in [-0.25, -0.2) is 19.4 Å². The Balaban J connectivity index is 1.15. The maximum atomic E-state index is 14.1. The van der Waals surface area contributed by atoms with E-state index < -0.39 is 59.2 Å². The van der Waals surface area contributed by atoms with Crippen LogP contribution in [0.2, 0.25) is 0 Å². The first-order valence-electron chi connectivity index (χ1n) is 15.4. The standard InChI is InChI=1S/C38H21F3N2O10/c39-38(40,41)30-4-2-1-3-27(30)37(52-23-11-7-21(8-12-23)42-31(44)25-15-5-19(35(48)49)17-28(25)33(42)46)53-24-13-9-22(10-14-24)43-32(45)26-16-6-20(36(50)51)18-29(26)34(43)47/h1-18,37H,(H,48,49)(H,50,51). The van der Waals surface area contributed by atoms with E-state index in [0.29, 0.717) is 0 Å². The molecule has 0 radical (unpaired) electrons. The third-order valence-electron chi connectivity index (χ3n) is 8.46. The van der Waals surface area contributed by atoms with Crippen LogP contribution in [0.4, 0.5) is 24.5 Å². The number of ether oxygens (including phenoxy) is 2. The fraction of sp³-hybridized carbons (Fsp3) is 0.0526. The van der Waals surface area contributed by atoms with E-state index in [0.717, 1.165) is 34.1 Å². The Hall–Kier alpha value is -7.29. The molecule has 264 valence electrons. The van der Waals surface area contributed by atoms with Crippen LogP contribution in [0.1, 0.15) is 79.6 Å². The number of nitrogens with zero attached hydrogens (tertiary/aromatic N) is 2. The van der Waals surface area contributed by atoms with E-state index in [-0.39, 0.29) is 56.3 Å². The van der Waals surface area contributed by atoms with E-state index in [9.17, 15) is 52.2 Å². The molecule has 0 atom stereocenters. The molecule has 2 aliphatic rings. The topological polar surface area (TPSA) is 168 Å². The third kappa shape index (κ3) is 6.09. The van der Waals surface area contributed by atoms with Crippen molar-refractivity contribution in [3.63, 3.8) is 0 Å². The second-order valence-electron chi connectivity index (χ2n) is 11.7. The van der Waals surface area contributed by atoms with Crippen molar-refractivity contribution in [2.45, 2.75) is 12.5 Å². The number of alkyl halides is 3. The molecule has 2 aliphatic heterocycles. The van der Waals surface area contributed by atoms with Crippen LogP contribution in [0, 0.1) is 0 Å². The number of hydrogen-bond acceptors (Lipinski definition) is 8. The molecule has 4 amide bonds. The summed E-state index contributed by atoms with van der Waals surface area (Å²) in [6, 6.07) is 22.1. The first kappa shape index (κ1) is 34.2. The highest BCUT2D eigenvalue weighted by atomic mass is 19.4. The molecule has 5 aromatic rings. The highest BCUT2D eigenvalue weighted by Crippen LogP contribution is 2.39. The van der Waals surface area contributed by atoms with Crippen molar-refractivity contribution < 1.29 is 61.6 Å². The summed E-state index contributed by atoms with van der Waals surface area (Å²) < 4.78 is 54.2. The SMILES string of the molecule is O=C(O)c1ccc2c(c1)C(=O)N(c1ccc(OC(Oc3ccc(N4C(=O)c5ccc(C(=O)O)cc5C4=O)cc3)c3ccccc3C(F)(F)F)cc1)C2=O. The lowest BCUT2D eigenvalue weighted by molar-refractivity contribution is -0.140. The predicted octanol–water partition coefficient (Wildman–Crippen LogP) is 6.86. The first-order chi connectivity index (χ1) is 25.2. The zero-order chi connectivity index (χ0) is 37.8. The average Bonchev–Trinajstić information content (AvgIpc) is 3.54. The Morgan fingerprint density at radius 3 is 1.34 bits per heavy atom. The molecule has 0 aromatic heterocycles. The van der Waals surface area contributed by atoms with E-state index in [1.165, 1.54) is 84.9 Å². The van der Waals surface area contributed by atoms with E-state index in [1.54, 1.807) is 0 Å². The van der Waals surface area contributed by atoms with Gasteiger partial charge in [0, 0.05) is 5.56 Å². The molecular formula is C38H21F3N2O10. The van der Waals surface area contributed by atoms with Gasteiger partial charge in [-0.3, -0.25) is 19.2 Å². The zero-order valence-corrected chi connectivity index (χ0v) is 26.7. The molecular weight excluding hydrogens is 701 g/mol. The molecule has 0 unspecified atom stereocenters. The van der Waals surface area contributed by atoms with E-state index in [4.69, 9.17) is 9.47 Å². The Morgan fingerprint density at radius 2 is 0.943 bits per heavy atom. The van der Waals surface area contributed by atoms with Crippen molar-refractivity contribution in [3.05, 3.63) is 154 Å². The van der Waals surface area contributed by atoms with Gasteiger partial charge in [-0.15, -0.1) is 0 Å². The van der Waals surface area contributed by atoms with Gasteiger partial charge < -0.3 is 19.7 Å². The normalized spacial score (nSPS) is 13.7. The van der Waals surface area contributed by atoms with E-state index in [2.05, 4.69) is 0 Å². The zero-order valence-electron chi connectivity index (χ0n) is 26.7. The van der Waals surface area contributed by atoms with Gasteiger partial charge in [0.2, 0.25) is 0 Å². The van der Waals surface area contributed by atoms with Crippen molar-refractivity contribution in [2.75, 3.05) is 9.80 Å². The molecule has 2 N–H and O–H groups in total. The summed E-state index contributed by atoms with van der Waals surface area (Å²) in [5.74, 6) is -5.56. The number of aromatic carboxylic acids is 2. The van der Waals surface area contributed by atoms with Crippen LogP contribution < -0.4 is 19.3 Å². The Kier molecular flexibility index (Phi) is 8.25. The van der Waals surface area contributed by atoms with Crippen molar-refractivity contribution in [1.29, 1.82) is 0 Å². The maximum absolute atomic E-state index is 14.1. The summed E-state index contributed by atoms with van der Waals surface area (Å²) in [5.41, 5.74) is -1.88. The van der Waals surface area contributed by atoms with Crippen molar-refractivity contribution in [2.24, 2.45) is 0 Å². The summed E-state index contributed by atoms with van der Waals surface area (Å²) in [6.45, 7) is 0. The number of carboxylic acid groups (broad SMARTS) is 2. The fourth-order valence-electron chi connectivity index (χ4n) is 5.92. The van der Waals surface area contributed by atoms with E-state index in [1.807, 2.05) is 0 Å². The molecule has 0 fully saturated rings. The summed E-state index contributed by atoms with van der Waals surface area (Å²) in [4.78, 5) is 76.7. The number of amides is 4. The van der Waals surface area contributed by atoms with E-state index >= 15 is 0 Å². The molecule has 0 aliphatic carbocycles. The molecule has 5 aromatic carbocycles. The number of carboxylic acids is 2. The van der Waals surface area contributed by atoms with Gasteiger partial charge >= 0.3 is 18.1 Å². The smallest absolute Gasteiger partial charge is 0.416 e. The van der Waals surface area contributed by atoms with Crippen LogP contribution in [-0.4, -0.2) is 45.8 Å². The van der Waals surface area contributed by atoms with Crippen molar-refractivity contribution in [1.82, 2.24) is 0 Å². The summed E-state index contributed by atoms with van der Waals surface area (Å²) in [5, 5.41) is 18.6. The molecule has 12 nitrogen and oxygen atoms in total. The fourth-order valence-corrected chi connectivity index (χ4v) is 5.92. The highest BCUT2D eigenvalue weighted by Gasteiger charge is 2.40.